The molecule has 1 unspecified atom stereocenters. The summed E-state index contributed by atoms with van der Waals surface area (Å²) >= 11 is 6.14. The maximum absolute atomic E-state index is 13.3. The number of hydrogen-bond donors (Lipinski definition) is 3. The molecule has 5 aromatic rings. The van der Waals surface area contributed by atoms with Crippen molar-refractivity contribution in [3.05, 3.63) is 111 Å². The van der Waals surface area contributed by atoms with Crippen LogP contribution in [0.25, 0.3) is 28.2 Å². The fourth-order valence-electron chi connectivity index (χ4n) is 5.61. The molecule has 0 spiro atoms. The van der Waals surface area contributed by atoms with Crippen molar-refractivity contribution in [1.29, 1.82) is 0 Å². The maximum atomic E-state index is 13.3. The predicted octanol–water partition coefficient (Wildman–Crippen LogP) is 5.56. The van der Waals surface area contributed by atoms with Crippen molar-refractivity contribution >= 4 is 29.0 Å². The average molecular weight is 594 g/mol. The van der Waals surface area contributed by atoms with Crippen LogP contribution in [0.4, 0.5) is 11.5 Å². The second-order valence-electron chi connectivity index (χ2n) is 10.8. The van der Waals surface area contributed by atoms with Gasteiger partial charge in [-0.3, -0.25) is 14.3 Å². The van der Waals surface area contributed by atoms with Crippen molar-refractivity contribution in [2.75, 3.05) is 24.1 Å². The third-order valence-corrected chi connectivity index (χ3v) is 8.24. The third-order valence-electron chi connectivity index (χ3n) is 8.00. The van der Waals surface area contributed by atoms with Gasteiger partial charge in [-0.1, -0.05) is 48.0 Å². The number of anilines is 2. The molecular formula is C33H32ClN7O2. The van der Waals surface area contributed by atoms with E-state index in [-0.39, 0.29) is 5.56 Å². The van der Waals surface area contributed by atoms with Crippen molar-refractivity contribution in [3.63, 3.8) is 0 Å². The molecule has 0 radical (unpaired) electrons. The molecule has 9 nitrogen and oxygen atoms in total. The van der Waals surface area contributed by atoms with Crippen LogP contribution in [0.5, 0.6) is 0 Å². The van der Waals surface area contributed by atoms with E-state index in [9.17, 15) is 9.59 Å². The quantitative estimate of drug-likeness (QED) is 0.237. The zero-order chi connectivity index (χ0) is 30.1. The van der Waals surface area contributed by atoms with Crippen LogP contribution < -0.4 is 21.9 Å². The molecule has 0 saturated carbocycles. The van der Waals surface area contributed by atoms with Crippen LogP contribution in [0.1, 0.15) is 40.4 Å². The van der Waals surface area contributed by atoms with Crippen LogP contribution in [0, 0.1) is 6.92 Å². The summed E-state index contributed by atoms with van der Waals surface area (Å²) in [5, 5.41) is 6.82. The molecule has 0 bridgehead atoms. The Morgan fingerprint density at radius 2 is 1.86 bits per heavy atom. The summed E-state index contributed by atoms with van der Waals surface area (Å²) in [6.07, 6.45) is 4.03. The summed E-state index contributed by atoms with van der Waals surface area (Å²) in [6, 6.07) is 22.5. The minimum Gasteiger partial charge on any atom is -0.382 e. The van der Waals surface area contributed by atoms with Gasteiger partial charge in [0.1, 0.15) is 17.1 Å². The number of piperidine rings is 1. The smallest absolute Gasteiger partial charge is 0.284 e. The van der Waals surface area contributed by atoms with Gasteiger partial charge in [-0.15, -0.1) is 0 Å². The van der Waals surface area contributed by atoms with E-state index >= 15 is 0 Å². The Balaban J connectivity index is 1.23. The van der Waals surface area contributed by atoms with Gasteiger partial charge in [0.15, 0.2) is 0 Å². The Labute approximate surface area is 254 Å². The topological polar surface area (TPSA) is 120 Å². The summed E-state index contributed by atoms with van der Waals surface area (Å²) in [7, 11) is 1.73. The lowest BCUT2D eigenvalue weighted by Gasteiger charge is -2.23. The van der Waals surface area contributed by atoms with Gasteiger partial charge in [0.25, 0.3) is 11.5 Å². The Kier molecular flexibility index (Phi) is 7.84. The molecule has 218 valence electrons. The molecule has 1 aliphatic heterocycles. The minimum absolute atomic E-state index is 0.0561. The van der Waals surface area contributed by atoms with Crippen molar-refractivity contribution in [1.82, 2.24) is 24.6 Å². The van der Waals surface area contributed by atoms with Gasteiger partial charge in [-0.2, -0.15) is 0 Å². The van der Waals surface area contributed by atoms with Gasteiger partial charge in [-0.25, -0.2) is 14.6 Å². The molecule has 10 heteroatoms. The van der Waals surface area contributed by atoms with Crippen LogP contribution >= 0.6 is 11.6 Å². The normalized spacial score (nSPS) is 14.9. The molecule has 1 saturated heterocycles. The summed E-state index contributed by atoms with van der Waals surface area (Å²) in [6.45, 7) is 3.78. The number of rotatable bonds is 6. The first-order valence-electron chi connectivity index (χ1n) is 14.2. The van der Waals surface area contributed by atoms with Gasteiger partial charge >= 0.3 is 0 Å². The fraction of sp³-hybridized carbons (Fsp3) is 0.212. The number of carbonyl (C=O) groups excluding carboxylic acids is 1. The van der Waals surface area contributed by atoms with E-state index in [1.165, 1.54) is 23.1 Å². The highest BCUT2D eigenvalue weighted by Crippen LogP contribution is 2.30. The average Bonchev–Trinajstić information content (AvgIpc) is 3.25. The molecule has 0 aliphatic carbocycles. The lowest BCUT2D eigenvalue weighted by atomic mass is 9.90. The molecule has 2 aromatic heterocycles. The Bertz CT molecular complexity index is 1870. The molecule has 4 N–H and O–H groups in total. The van der Waals surface area contributed by atoms with Crippen molar-refractivity contribution in [3.8, 4) is 28.2 Å². The number of halogens is 1. The highest BCUT2D eigenvalue weighted by Gasteiger charge is 2.23. The number of nitrogens with zero attached hydrogens (tertiary/aromatic N) is 4. The molecule has 43 heavy (non-hydrogen) atoms. The fourth-order valence-corrected chi connectivity index (χ4v) is 5.80. The van der Waals surface area contributed by atoms with E-state index < -0.39 is 11.5 Å². The Morgan fingerprint density at radius 3 is 2.60 bits per heavy atom. The molecule has 3 aromatic carbocycles. The van der Waals surface area contributed by atoms with E-state index in [4.69, 9.17) is 22.3 Å². The first kappa shape index (κ1) is 28.4. The second kappa shape index (κ2) is 11.9. The molecule has 1 amide bonds. The van der Waals surface area contributed by atoms with Gasteiger partial charge in [-0.05, 0) is 74.2 Å². The minimum atomic E-state index is -0.499. The van der Waals surface area contributed by atoms with Gasteiger partial charge in [0.2, 0.25) is 0 Å². The first-order valence-corrected chi connectivity index (χ1v) is 14.6. The molecule has 1 atom stereocenters. The van der Waals surface area contributed by atoms with Crippen LogP contribution in [0.3, 0.4) is 0 Å². The SMILES string of the molecule is Cc1c(C(=O)Nc2ccc(-c3nc(-c4cccc(C5CCCNC5)c4)cnc3N)cc2)c(=O)n(-c2cccc(Cl)c2)n1C. The predicted molar refractivity (Wildman–Crippen MR) is 171 cm³/mol. The monoisotopic (exact) mass is 593 g/mol. The van der Waals surface area contributed by atoms with Crippen molar-refractivity contribution in [2.24, 2.45) is 7.05 Å². The zero-order valence-corrected chi connectivity index (χ0v) is 24.7. The summed E-state index contributed by atoms with van der Waals surface area (Å²) in [5.74, 6) is 0.299. The van der Waals surface area contributed by atoms with E-state index in [2.05, 4.69) is 33.8 Å². The van der Waals surface area contributed by atoms with Gasteiger partial charge in [0.05, 0.1) is 23.3 Å². The molecule has 3 heterocycles. The van der Waals surface area contributed by atoms with Crippen LogP contribution in [-0.4, -0.2) is 38.3 Å². The zero-order valence-electron chi connectivity index (χ0n) is 24.0. The number of nitrogen functional groups attached to an aromatic ring is 1. The van der Waals surface area contributed by atoms with Crippen LogP contribution in [0.15, 0.2) is 83.8 Å². The summed E-state index contributed by atoms with van der Waals surface area (Å²) in [4.78, 5) is 35.8. The molecular weight excluding hydrogens is 562 g/mol. The number of benzene rings is 3. The third kappa shape index (κ3) is 5.69. The van der Waals surface area contributed by atoms with Crippen molar-refractivity contribution < 1.29 is 4.79 Å². The lowest BCUT2D eigenvalue weighted by Crippen LogP contribution is -2.28. The molecule has 1 fully saturated rings. The van der Waals surface area contributed by atoms with E-state index in [1.54, 1.807) is 61.2 Å². The number of hydrogen-bond acceptors (Lipinski definition) is 6. The van der Waals surface area contributed by atoms with Gasteiger partial charge < -0.3 is 16.4 Å². The van der Waals surface area contributed by atoms with Crippen molar-refractivity contribution in [2.45, 2.75) is 25.7 Å². The standard InChI is InChI=1S/C33H32ClN7O2/c1-20-29(33(43)41(40(20)2)27-10-4-9-25(34)17-27)32(42)38-26-13-11-21(12-14-26)30-31(35)37-19-28(39-30)23-7-3-6-22(16-23)24-8-5-15-36-18-24/h3-4,6-7,9-14,16-17,19,24,36H,5,8,15,18H2,1-2H3,(H2,35,37)(H,38,42). The lowest BCUT2D eigenvalue weighted by molar-refractivity contribution is 0.102. The Hall–Kier alpha value is -4.73. The molecule has 1 aliphatic rings. The van der Waals surface area contributed by atoms with E-state index in [0.717, 1.165) is 29.9 Å². The van der Waals surface area contributed by atoms with Crippen LogP contribution in [-0.2, 0) is 7.05 Å². The second-order valence-corrected chi connectivity index (χ2v) is 11.2. The number of amides is 1. The Morgan fingerprint density at radius 1 is 1.07 bits per heavy atom. The van der Waals surface area contributed by atoms with Crippen LogP contribution in [0.2, 0.25) is 5.02 Å². The summed E-state index contributed by atoms with van der Waals surface area (Å²) < 4.78 is 3.07. The number of nitrogens with one attached hydrogen (secondary N) is 2. The molecule has 6 rings (SSSR count). The first-order chi connectivity index (χ1) is 20.8. The maximum Gasteiger partial charge on any atom is 0.284 e. The van der Waals surface area contributed by atoms with E-state index in [1.807, 2.05) is 18.2 Å². The number of aromatic nitrogens is 4. The highest BCUT2D eigenvalue weighted by atomic mass is 35.5. The highest BCUT2D eigenvalue weighted by molar-refractivity contribution is 6.30. The van der Waals surface area contributed by atoms with Gasteiger partial charge in [0, 0.05) is 35.4 Å². The largest absolute Gasteiger partial charge is 0.382 e. The summed E-state index contributed by atoms with van der Waals surface area (Å²) in [5.41, 5.74) is 11.8. The van der Waals surface area contributed by atoms with E-state index in [0.29, 0.717) is 39.5 Å². The number of nitrogens with two attached hydrogens (primary N) is 1. The number of carbonyl (C=O) groups is 1.